The number of benzene rings is 2. The Hall–Kier alpha value is -2.53. The smallest absolute Gasteiger partial charge is 0.202 e. The van der Waals surface area contributed by atoms with Crippen LogP contribution >= 0.6 is 0 Å². The monoisotopic (exact) mass is 311 g/mol. The highest BCUT2D eigenvalue weighted by Gasteiger charge is 2.12. The second kappa shape index (κ2) is 6.30. The van der Waals surface area contributed by atoms with E-state index in [0.717, 1.165) is 16.8 Å². The van der Waals surface area contributed by atoms with Gasteiger partial charge in [0.25, 0.3) is 0 Å². The fraction of sp³-hybridized carbons (Fsp3) is 0.278. The Morgan fingerprint density at radius 3 is 2.43 bits per heavy atom. The Bertz CT molecular complexity index is 862. The number of aromatic nitrogens is 2. The number of fused-ring (bicyclic) bond motifs is 1. The van der Waals surface area contributed by atoms with Crippen molar-refractivity contribution < 1.29 is 9.84 Å². The summed E-state index contributed by atoms with van der Waals surface area (Å²) in [4.78, 5) is 0. The number of aliphatic hydroxyl groups excluding tert-OH is 1. The van der Waals surface area contributed by atoms with Crippen LogP contribution in [0, 0.1) is 12.3 Å². The molecule has 5 nitrogen and oxygen atoms in total. The Kier molecular flexibility index (Phi) is 4.21. The van der Waals surface area contributed by atoms with Gasteiger partial charge in [0.15, 0.2) is 0 Å². The Morgan fingerprint density at radius 1 is 1.09 bits per heavy atom. The van der Waals surface area contributed by atoms with Gasteiger partial charge in [-0.25, -0.2) is 0 Å². The topological polar surface area (TPSA) is 63.2 Å². The second-order valence-electron chi connectivity index (χ2n) is 5.76. The van der Waals surface area contributed by atoms with Crippen molar-refractivity contribution in [2.75, 3.05) is 6.61 Å². The number of aliphatic hydroxyl groups is 1. The van der Waals surface area contributed by atoms with Gasteiger partial charge in [-0.05, 0) is 31.2 Å². The summed E-state index contributed by atoms with van der Waals surface area (Å²) in [7, 11) is 1.86. The summed E-state index contributed by atoms with van der Waals surface area (Å²) < 4.78 is 9.23. The molecule has 3 aromatic rings. The van der Waals surface area contributed by atoms with Crippen LogP contribution in [0.25, 0.3) is 11.0 Å². The first-order valence-corrected chi connectivity index (χ1v) is 7.62. The maximum Gasteiger partial charge on any atom is 0.202 e. The number of nitrogens with one attached hydrogen (secondary N) is 1. The molecule has 0 fully saturated rings. The highest BCUT2D eigenvalue weighted by molar-refractivity contribution is 5.75. The summed E-state index contributed by atoms with van der Waals surface area (Å²) in [6.45, 7) is 2.54. The predicted molar refractivity (Wildman–Crippen MR) is 89.4 cm³/mol. The molecule has 0 saturated carbocycles. The third-order valence-electron chi connectivity index (χ3n) is 3.96. The van der Waals surface area contributed by atoms with Gasteiger partial charge in [0.2, 0.25) is 5.62 Å². The van der Waals surface area contributed by atoms with E-state index in [1.807, 2.05) is 67.1 Å². The number of ether oxygens (including phenoxy) is 1. The number of hydrogen-bond donors (Lipinski definition) is 2. The summed E-state index contributed by atoms with van der Waals surface area (Å²) in [5.41, 5.74) is 3.45. The number of para-hydroxylation sites is 2. The molecule has 0 bridgehead atoms. The van der Waals surface area contributed by atoms with Crippen molar-refractivity contribution in [1.29, 1.82) is 5.41 Å². The van der Waals surface area contributed by atoms with Crippen LogP contribution in [0.15, 0.2) is 48.5 Å². The molecule has 1 atom stereocenters. The zero-order valence-electron chi connectivity index (χ0n) is 13.4. The van der Waals surface area contributed by atoms with Gasteiger partial charge in [-0.2, -0.15) is 0 Å². The summed E-state index contributed by atoms with van der Waals surface area (Å²) in [6, 6.07) is 15.6. The zero-order chi connectivity index (χ0) is 16.4. The molecule has 2 aromatic carbocycles. The van der Waals surface area contributed by atoms with E-state index in [1.54, 1.807) is 4.57 Å². The van der Waals surface area contributed by atoms with E-state index < -0.39 is 6.10 Å². The van der Waals surface area contributed by atoms with Crippen LogP contribution in [0.3, 0.4) is 0 Å². The third kappa shape index (κ3) is 3.14. The molecule has 2 N–H and O–H groups in total. The van der Waals surface area contributed by atoms with E-state index in [-0.39, 0.29) is 6.61 Å². The largest absolute Gasteiger partial charge is 0.491 e. The van der Waals surface area contributed by atoms with Crippen molar-refractivity contribution in [1.82, 2.24) is 9.13 Å². The predicted octanol–water partition coefficient (Wildman–Crippen LogP) is 2.21. The van der Waals surface area contributed by atoms with Gasteiger partial charge in [0, 0.05) is 7.05 Å². The molecule has 0 aliphatic rings. The average molecular weight is 311 g/mol. The highest BCUT2D eigenvalue weighted by atomic mass is 16.5. The van der Waals surface area contributed by atoms with Crippen LogP contribution in [0.5, 0.6) is 5.75 Å². The molecule has 0 aliphatic heterocycles. The standard InChI is InChI=1S/C18H21N3O2/c1-13-7-9-15(10-8-13)23-12-14(22)11-21-17-6-4-3-5-16(17)20(2)18(21)19/h3-10,14,19,22H,11-12H2,1-2H3/t14-/m0/s1. The number of rotatable bonds is 5. The molecular weight excluding hydrogens is 290 g/mol. The number of aryl methyl sites for hydroxylation is 2. The van der Waals surface area contributed by atoms with Crippen molar-refractivity contribution in [3.05, 3.63) is 59.7 Å². The number of nitrogens with zero attached hydrogens (tertiary/aromatic N) is 2. The van der Waals surface area contributed by atoms with Crippen LogP contribution in [0.4, 0.5) is 0 Å². The quantitative estimate of drug-likeness (QED) is 0.759. The van der Waals surface area contributed by atoms with Crippen molar-refractivity contribution in [3.8, 4) is 5.75 Å². The first kappa shape index (κ1) is 15.4. The molecule has 0 saturated heterocycles. The summed E-state index contributed by atoms with van der Waals surface area (Å²) in [5, 5.41) is 18.5. The lowest BCUT2D eigenvalue weighted by Crippen LogP contribution is -2.30. The van der Waals surface area contributed by atoms with E-state index in [4.69, 9.17) is 10.1 Å². The van der Waals surface area contributed by atoms with Crippen LogP contribution in [-0.2, 0) is 13.6 Å². The van der Waals surface area contributed by atoms with Crippen molar-refractivity contribution in [2.45, 2.75) is 19.6 Å². The van der Waals surface area contributed by atoms with E-state index in [1.165, 1.54) is 5.56 Å². The molecule has 120 valence electrons. The van der Waals surface area contributed by atoms with E-state index in [9.17, 15) is 5.11 Å². The van der Waals surface area contributed by atoms with E-state index in [0.29, 0.717) is 12.2 Å². The highest BCUT2D eigenvalue weighted by Crippen LogP contribution is 2.14. The first-order chi connectivity index (χ1) is 11.1. The molecule has 1 heterocycles. The van der Waals surface area contributed by atoms with Crippen LogP contribution in [0.1, 0.15) is 5.56 Å². The molecule has 1 aromatic heterocycles. The van der Waals surface area contributed by atoms with Gasteiger partial charge in [-0.1, -0.05) is 29.8 Å². The van der Waals surface area contributed by atoms with E-state index >= 15 is 0 Å². The normalized spacial score (nSPS) is 12.5. The first-order valence-electron chi connectivity index (χ1n) is 7.62. The molecule has 0 amide bonds. The Labute approximate surface area is 134 Å². The maximum atomic E-state index is 10.3. The SMILES string of the molecule is Cc1ccc(OC[C@@H](O)Cn2c(=N)n(C)c3ccccc32)cc1. The number of hydrogen-bond acceptors (Lipinski definition) is 3. The molecule has 23 heavy (non-hydrogen) atoms. The molecule has 0 unspecified atom stereocenters. The molecule has 5 heteroatoms. The summed E-state index contributed by atoms with van der Waals surface area (Å²) in [5.74, 6) is 0.740. The average Bonchev–Trinajstić information content (AvgIpc) is 2.80. The second-order valence-corrected chi connectivity index (χ2v) is 5.76. The Morgan fingerprint density at radius 2 is 1.74 bits per heavy atom. The molecule has 0 spiro atoms. The van der Waals surface area contributed by atoms with Crippen molar-refractivity contribution >= 4 is 11.0 Å². The van der Waals surface area contributed by atoms with Crippen molar-refractivity contribution in [3.63, 3.8) is 0 Å². The van der Waals surface area contributed by atoms with Crippen LogP contribution in [0.2, 0.25) is 0 Å². The summed E-state index contributed by atoms with van der Waals surface area (Å²) >= 11 is 0. The molecule has 0 aliphatic carbocycles. The van der Waals surface area contributed by atoms with Crippen LogP contribution in [-0.4, -0.2) is 27.0 Å². The molecular formula is C18H21N3O2. The Balaban J connectivity index is 1.73. The minimum atomic E-state index is -0.684. The van der Waals surface area contributed by atoms with Gasteiger partial charge in [0.1, 0.15) is 18.5 Å². The van der Waals surface area contributed by atoms with Gasteiger partial charge < -0.3 is 19.0 Å². The molecule has 0 radical (unpaired) electrons. The lowest BCUT2D eigenvalue weighted by molar-refractivity contribution is 0.0921. The minimum absolute atomic E-state index is 0.193. The number of imidazole rings is 1. The van der Waals surface area contributed by atoms with Crippen molar-refractivity contribution in [2.24, 2.45) is 7.05 Å². The van der Waals surface area contributed by atoms with Gasteiger partial charge in [-0.3, -0.25) is 5.41 Å². The fourth-order valence-corrected chi connectivity index (χ4v) is 2.66. The van der Waals surface area contributed by atoms with Gasteiger partial charge in [0.05, 0.1) is 17.6 Å². The fourth-order valence-electron chi connectivity index (χ4n) is 2.66. The van der Waals surface area contributed by atoms with Gasteiger partial charge >= 0.3 is 0 Å². The van der Waals surface area contributed by atoms with Gasteiger partial charge in [-0.15, -0.1) is 0 Å². The third-order valence-corrected chi connectivity index (χ3v) is 3.96. The molecule has 3 rings (SSSR count). The van der Waals surface area contributed by atoms with Crippen LogP contribution < -0.4 is 10.4 Å². The maximum absolute atomic E-state index is 10.3. The minimum Gasteiger partial charge on any atom is -0.491 e. The van der Waals surface area contributed by atoms with E-state index in [2.05, 4.69) is 0 Å². The lowest BCUT2D eigenvalue weighted by Gasteiger charge is -2.14. The zero-order valence-corrected chi connectivity index (χ0v) is 13.4. The lowest BCUT2D eigenvalue weighted by atomic mass is 10.2. The summed E-state index contributed by atoms with van der Waals surface area (Å²) in [6.07, 6.45) is -0.684.